The third-order valence-corrected chi connectivity index (χ3v) is 9.51. The van der Waals surface area contributed by atoms with Crippen molar-refractivity contribution in [1.29, 1.82) is 0 Å². The quantitative estimate of drug-likeness (QED) is 0.194. The molecule has 0 saturated carbocycles. The second kappa shape index (κ2) is 12.2. The molecule has 0 aromatic heterocycles. The van der Waals surface area contributed by atoms with Crippen molar-refractivity contribution in [3.63, 3.8) is 0 Å². The lowest BCUT2D eigenvalue weighted by molar-refractivity contribution is 1.13. The van der Waals surface area contributed by atoms with Crippen molar-refractivity contribution in [3.05, 3.63) is 125 Å². The Hall–Kier alpha value is -3.20. The first-order valence-electron chi connectivity index (χ1n) is 12.0. The predicted molar refractivity (Wildman–Crippen MR) is 171 cm³/mol. The average molecular weight is 509 g/mol. The van der Waals surface area contributed by atoms with Gasteiger partial charge in [0.15, 0.2) is 0 Å². The Morgan fingerprint density at radius 2 is 1.50 bits per heavy atom. The molecule has 3 aromatic carbocycles. The maximum atomic E-state index is 4.48. The van der Waals surface area contributed by atoms with Gasteiger partial charge in [0.2, 0.25) is 0 Å². The third-order valence-electron chi connectivity index (χ3n) is 6.34. The normalized spacial score (nSPS) is 11.8. The molecule has 0 saturated heterocycles. The van der Waals surface area contributed by atoms with Crippen LogP contribution in [0.5, 0.6) is 0 Å². The van der Waals surface area contributed by atoms with Crippen molar-refractivity contribution in [2.24, 2.45) is 0 Å². The molecule has 0 nitrogen and oxygen atoms in total. The Kier molecular flexibility index (Phi) is 9.25. The van der Waals surface area contributed by atoms with E-state index >= 15 is 0 Å². The number of benzene rings is 3. The van der Waals surface area contributed by atoms with Crippen LogP contribution in [-0.2, 0) is 6.42 Å². The Bertz CT molecular complexity index is 1440. The van der Waals surface area contributed by atoms with Crippen LogP contribution in [-0.4, -0.2) is 11.7 Å². The van der Waals surface area contributed by atoms with Gasteiger partial charge in [0.05, 0.1) is 0 Å². The monoisotopic (exact) mass is 508 g/mol. The van der Waals surface area contributed by atoms with Gasteiger partial charge in [-0.25, -0.2) is 0 Å². The first-order valence-corrected chi connectivity index (χ1v) is 14.9. The molecule has 184 valence electrons. The fraction of sp³-hybridized carbons (Fsp3) is 0.118. The standard InChI is InChI=1S/C34H36S2/c1-9-13-15-28-16-14-17-33(25(28)5)35-34-24-29(32(12-4)31(11-3)26(34)6)22-23-36(7,8)30-20-18-27(10-2)19-21-30/h9,11-24H,1,3-4,7-8,10H2,2,5-6H3/b15-13-,23-22?. The molecule has 3 rings (SSSR count). The van der Waals surface area contributed by atoms with E-state index in [1.807, 2.05) is 18.2 Å². The Balaban J connectivity index is 2.07. The number of allylic oxidation sites excluding steroid dienone is 2. The van der Waals surface area contributed by atoms with E-state index < -0.39 is 9.21 Å². The largest absolute Gasteiger partial charge is 0.167 e. The van der Waals surface area contributed by atoms with E-state index in [0.717, 1.165) is 23.1 Å². The van der Waals surface area contributed by atoms with E-state index in [1.54, 1.807) is 17.8 Å². The maximum absolute atomic E-state index is 4.48. The molecule has 36 heavy (non-hydrogen) atoms. The molecule has 0 heterocycles. The summed E-state index contributed by atoms with van der Waals surface area (Å²) in [7, 11) is -1.59. The smallest absolute Gasteiger partial charge is 0.0164 e. The van der Waals surface area contributed by atoms with Crippen LogP contribution < -0.4 is 0 Å². The van der Waals surface area contributed by atoms with E-state index in [9.17, 15) is 0 Å². The molecule has 0 aliphatic carbocycles. The molecular weight excluding hydrogens is 473 g/mol. The molecule has 0 aliphatic rings. The van der Waals surface area contributed by atoms with Crippen LogP contribution in [0.25, 0.3) is 24.3 Å². The minimum absolute atomic E-state index is 1.02. The molecular formula is C34H36S2. The van der Waals surface area contributed by atoms with E-state index in [1.165, 1.54) is 36.9 Å². The molecule has 0 N–H and O–H groups in total. The maximum Gasteiger partial charge on any atom is 0.0164 e. The van der Waals surface area contributed by atoms with Crippen molar-refractivity contribution in [3.8, 4) is 0 Å². The summed E-state index contributed by atoms with van der Waals surface area (Å²) in [6.45, 7) is 18.5. The second-order valence-electron chi connectivity index (χ2n) is 8.74. The molecule has 0 amide bonds. The van der Waals surface area contributed by atoms with E-state index in [0.29, 0.717) is 0 Å². The summed E-state index contributed by atoms with van der Waals surface area (Å²) >= 11 is 1.79. The molecule has 0 unspecified atom stereocenters. The molecule has 0 bridgehead atoms. The van der Waals surface area contributed by atoms with E-state index in [-0.39, 0.29) is 0 Å². The van der Waals surface area contributed by atoms with Crippen LogP contribution >= 0.6 is 21.0 Å². The average Bonchev–Trinajstić information content (AvgIpc) is 2.89. The topological polar surface area (TPSA) is 0 Å². The van der Waals surface area contributed by atoms with Gasteiger partial charge >= 0.3 is 0 Å². The highest BCUT2D eigenvalue weighted by Gasteiger charge is 2.13. The first kappa shape index (κ1) is 27.4. The van der Waals surface area contributed by atoms with Crippen LogP contribution in [0.2, 0.25) is 0 Å². The van der Waals surface area contributed by atoms with Crippen LogP contribution in [0.4, 0.5) is 0 Å². The SMILES string of the molecule is C=C/C=C\c1cccc(Sc2cc(C=CS(=C)(=C)c3ccc(CC)cc3)c(C=C)c(C=C)c2C)c1C. The summed E-state index contributed by atoms with van der Waals surface area (Å²) in [4.78, 5) is 3.59. The summed E-state index contributed by atoms with van der Waals surface area (Å²) in [5, 5.41) is 2.17. The first-order chi connectivity index (χ1) is 17.2. The highest BCUT2D eigenvalue weighted by Crippen LogP contribution is 2.40. The van der Waals surface area contributed by atoms with Crippen LogP contribution in [0.1, 0.15) is 45.9 Å². The number of hydrogen-bond acceptors (Lipinski definition) is 1. The summed E-state index contributed by atoms with van der Waals surface area (Å²) in [5.41, 5.74) is 8.26. The Morgan fingerprint density at radius 3 is 2.11 bits per heavy atom. The van der Waals surface area contributed by atoms with Gasteiger partial charge in [-0.1, -0.05) is 105 Å². The van der Waals surface area contributed by atoms with Gasteiger partial charge in [0.25, 0.3) is 0 Å². The van der Waals surface area contributed by atoms with Crippen LogP contribution in [0, 0.1) is 13.8 Å². The summed E-state index contributed by atoms with van der Waals surface area (Å²) in [5.74, 6) is 8.97. The van der Waals surface area contributed by atoms with Gasteiger partial charge in [0.1, 0.15) is 0 Å². The van der Waals surface area contributed by atoms with Crippen molar-refractivity contribution >= 4 is 57.0 Å². The van der Waals surface area contributed by atoms with Crippen molar-refractivity contribution in [1.82, 2.24) is 0 Å². The zero-order chi connectivity index (χ0) is 26.3. The third kappa shape index (κ3) is 6.13. The van der Waals surface area contributed by atoms with Crippen molar-refractivity contribution in [2.45, 2.75) is 41.9 Å². The van der Waals surface area contributed by atoms with Gasteiger partial charge in [-0.2, -0.15) is 9.21 Å². The van der Waals surface area contributed by atoms with Gasteiger partial charge in [-0.15, -0.1) is 0 Å². The lowest BCUT2D eigenvalue weighted by Gasteiger charge is -2.17. The second-order valence-corrected chi connectivity index (χ2v) is 12.5. The molecule has 0 fully saturated rings. The minimum atomic E-state index is -1.59. The Labute approximate surface area is 223 Å². The number of aryl methyl sites for hydroxylation is 1. The van der Waals surface area contributed by atoms with Crippen molar-refractivity contribution in [2.75, 3.05) is 0 Å². The molecule has 0 aliphatic heterocycles. The Morgan fingerprint density at radius 1 is 0.806 bits per heavy atom. The van der Waals surface area contributed by atoms with Crippen molar-refractivity contribution < 1.29 is 0 Å². The van der Waals surface area contributed by atoms with Crippen LogP contribution in [0.15, 0.2) is 101 Å². The van der Waals surface area contributed by atoms with E-state index in [2.05, 4.69) is 118 Å². The number of rotatable bonds is 10. The highest BCUT2D eigenvalue weighted by atomic mass is 32.2. The molecule has 0 atom stereocenters. The molecule has 0 radical (unpaired) electrons. The molecule has 3 aromatic rings. The molecule has 0 spiro atoms. The fourth-order valence-corrected chi connectivity index (χ4v) is 6.39. The van der Waals surface area contributed by atoms with Gasteiger partial charge in [-0.3, -0.25) is 0 Å². The fourth-order valence-electron chi connectivity index (χ4n) is 4.04. The van der Waals surface area contributed by atoms with Gasteiger partial charge < -0.3 is 0 Å². The zero-order valence-electron chi connectivity index (χ0n) is 21.7. The lowest BCUT2D eigenvalue weighted by Crippen LogP contribution is -1.95. The minimum Gasteiger partial charge on any atom is -0.167 e. The summed E-state index contributed by atoms with van der Waals surface area (Å²) in [6.07, 6.45) is 12.9. The summed E-state index contributed by atoms with van der Waals surface area (Å²) in [6, 6.07) is 17.3. The summed E-state index contributed by atoms with van der Waals surface area (Å²) < 4.78 is 0. The van der Waals surface area contributed by atoms with E-state index in [4.69, 9.17) is 0 Å². The van der Waals surface area contributed by atoms with Gasteiger partial charge in [0, 0.05) is 9.79 Å². The van der Waals surface area contributed by atoms with Crippen LogP contribution in [0.3, 0.4) is 0 Å². The molecule has 2 heteroatoms. The predicted octanol–water partition coefficient (Wildman–Crippen LogP) is 10.2. The lowest BCUT2D eigenvalue weighted by atomic mass is 9.96. The van der Waals surface area contributed by atoms with Gasteiger partial charge in [-0.05, 0) is 99.9 Å². The highest BCUT2D eigenvalue weighted by molar-refractivity contribution is 8.30. The number of hydrogen-bond donors (Lipinski definition) is 0. The zero-order valence-corrected chi connectivity index (χ0v) is 23.4.